The fraction of sp³-hybridized carbons (Fsp3) is 0.333. The van der Waals surface area contributed by atoms with Crippen molar-refractivity contribution < 1.29 is 14.3 Å². The molecule has 1 heterocycles. The second-order valence-corrected chi connectivity index (χ2v) is 10.6. The number of nitrogens with zero attached hydrogens (tertiary/aromatic N) is 2. The normalized spacial score (nSPS) is 10.9. The van der Waals surface area contributed by atoms with Crippen molar-refractivity contribution in [3.05, 3.63) is 84.4 Å². The molecule has 0 radical (unpaired) electrons. The summed E-state index contributed by atoms with van der Waals surface area (Å²) in [6.45, 7) is 3.71. The minimum Gasteiger partial charge on any atom is -0.493 e. The molecule has 0 spiro atoms. The van der Waals surface area contributed by atoms with Crippen molar-refractivity contribution >= 4 is 17.7 Å². The molecule has 1 N–H and O–H groups in total. The molecule has 3 aromatic carbocycles. The average molecular weight is 558 g/mol. The fourth-order valence-corrected chi connectivity index (χ4v) is 5.71. The number of nitrogens with one attached hydrogen (secondary N) is 1. The van der Waals surface area contributed by atoms with Crippen LogP contribution in [0.4, 0.5) is 0 Å². The molecule has 0 atom stereocenters. The van der Waals surface area contributed by atoms with Crippen LogP contribution >= 0.6 is 11.8 Å². The summed E-state index contributed by atoms with van der Waals surface area (Å²) in [5.41, 5.74) is 5.60. The highest BCUT2D eigenvalue weighted by Crippen LogP contribution is 2.36. The highest BCUT2D eigenvalue weighted by molar-refractivity contribution is 7.99. The van der Waals surface area contributed by atoms with Gasteiger partial charge in [-0.25, -0.2) is 4.98 Å². The van der Waals surface area contributed by atoms with Gasteiger partial charge in [0.1, 0.15) is 0 Å². The van der Waals surface area contributed by atoms with Crippen LogP contribution in [0.3, 0.4) is 0 Å². The van der Waals surface area contributed by atoms with Crippen molar-refractivity contribution in [3.63, 3.8) is 0 Å². The molecule has 40 heavy (non-hydrogen) atoms. The number of benzene rings is 3. The lowest BCUT2D eigenvalue weighted by atomic mass is 10.0. The van der Waals surface area contributed by atoms with Crippen LogP contribution in [-0.4, -0.2) is 42.0 Å². The van der Waals surface area contributed by atoms with Gasteiger partial charge in [0.05, 0.1) is 25.6 Å². The van der Waals surface area contributed by atoms with Crippen molar-refractivity contribution in [2.75, 3.05) is 26.5 Å². The van der Waals surface area contributed by atoms with Gasteiger partial charge >= 0.3 is 0 Å². The Hall–Kier alpha value is -3.71. The standard InChI is InChI=1S/C33H39N3O3S/c1-4-22-36-32(27-15-9-6-10-16-27)31(26-13-7-5-8-14-26)35-33(36)40-23-12-11-17-30(37)34-21-20-25-18-19-28(38-2)29(24-25)39-3/h5-10,13-16,18-19,24H,4,11-12,17,20-23H2,1-3H3,(H,34,37). The zero-order valence-corrected chi connectivity index (χ0v) is 24.5. The van der Waals surface area contributed by atoms with Crippen LogP contribution in [0, 0.1) is 0 Å². The maximum Gasteiger partial charge on any atom is 0.220 e. The maximum absolute atomic E-state index is 12.4. The Morgan fingerprint density at radius 3 is 2.27 bits per heavy atom. The summed E-state index contributed by atoms with van der Waals surface area (Å²) < 4.78 is 13.0. The minimum atomic E-state index is 0.0932. The lowest BCUT2D eigenvalue weighted by molar-refractivity contribution is -0.121. The molecule has 0 bridgehead atoms. The monoisotopic (exact) mass is 557 g/mol. The van der Waals surface area contributed by atoms with Crippen LogP contribution in [0.5, 0.6) is 11.5 Å². The lowest BCUT2D eigenvalue weighted by Gasteiger charge is -2.12. The van der Waals surface area contributed by atoms with Gasteiger partial charge in [-0.15, -0.1) is 0 Å². The van der Waals surface area contributed by atoms with Crippen LogP contribution in [-0.2, 0) is 17.8 Å². The largest absolute Gasteiger partial charge is 0.493 e. The molecule has 0 aliphatic rings. The van der Waals surface area contributed by atoms with Crippen LogP contribution in [0.25, 0.3) is 22.5 Å². The molecule has 4 aromatic rings. The summed E-state index contributed by atoms with van der Waals surface area (Å²) in [7, 11) is 3.25. The molecule has 4 rings (SSSR count). The number of rotatable bonds is 15. The number of imidazole rings is 1. The first-order valence-corrected chi connectivity index (χ1v) is 14.9. The summed E-state index contributed by atoms with van der Waals surface area (Å²) in [5.74, 6) is 2.42. The molecule has 210 valence electrons. The van der Waals surface area contributed by atoms with Crippen LogP contribution in [0.2, 0.25) is 0 Å². The first-order chi connectivity index (χ1) is 19.6. The SMILES string of the molecule is CCCn1c(SCCCCC(=O)NCCc2ccc(OC)c(OC)c2)nc(-c2ccccc2)c1-c1ccccc1. The van der Waals surface area contributed by atoms with Gasteiger partial charge in [-0.2, -0.15) is 0 Å². The number of unbranched alkanes of at least 4 members (excludes halogenated alkanes) is 1. The van der Waals surface area contributed by atoms with E-state index in [2.05, 4.69) is 65.3 Å². The Labute approximate surface area is 242 Å². The molecular weight excluding hydrogens is 518 g/mol. The highest BCUT2D eigenvalue weighted by Gasteiger charge is 2.20. The fourth-order valence-electron chi connectivity index (χ4n) is 4.68. The number of carbonyl (C=O) groups excluding carboxylic acids is 1. The Balaban J connectivity index is 1.31. The van der Waals surface area contributed by atoms with Crippen molar-refractivity contribution in [2.45, 2.75) is 50.7 Å². The zero-order chi connectivity index (χ0) is 28.2. The van der Waals surface area contributed by atoms with Gasteiger partial charge in [0.2, 0.25) is 5.91 Å². The van der Waals surface area contributed by atoms with Crippen LogP contribution in [0.15, 0.2) is 84.0 Å². The van der Waals surface area contributed by atoms with Crippen molar-refractivity contribution in [1.29, 1.82) is 0 Å². The molecule has 0 saturated carbocycles. The summed E-state index contributed by atoms with van der Waals surface area (Å²) >= 11 is 1.78. The summed E-state index contributed by atoms with van der Waals surface area (Å²) in [4.78, 5) is 17.5. The molecule has 0 saturated heterocycles. The third-order valence-electron chi connectivity index (χ3n) is 6.69. The molecule has 7 heteroatoms. The Morgan fingerprint density at radius 1 is 0.900 bits per heavy atom. The molecule has 6 nitrogen and oxygen atoms in total. The second kappa shape index (κ2) is 15.2. The van der Waals surface area contributed by atoms with Crippen molar-refractivity contribution in [2.24, 2.45) is 0 Å². The van der Waals surface area contributed by atoms with E-state index >= 15 is 0 Å². The third-order valence-corrected chi connectivity index (χ3v) is 7.75. The highest BCUT2D eigenvalue weighted by atomic mass is 32.2. The van der Waals surface area contributed by atoms with E-state index < -0.39 is 0 Å². The smallest absolute Gasteiger partial charge is 0.220 e. The van der Waals surface area contributed by atoms with Gasteiger partial charge in [0.25, 0.3) is 0 Å². The molecule has 0 fully saturated rings. The molecular formula is C33H39N3O3S. The first-order valence-electron chi connectivity index (χ1n) is 14.0. The van der Waals surface area contributed by atoms with Gasteiger partial charge < -0.3 is 19.4 Å². The van der Waals surface area contributed by atoms with E-state index in [1.807, 2.05) is 30.3 Å². The quantitative estimate of drug-likeness (QED) is 0.123. The van der Waals surface area contributed by atoms with Gasteiger partial charge in [-0.05, 0) is 43.4 Å². The molecule has 0 unspecified atom stereocenters. The van der Waals surface area contributed by atoms with E-state index in [-0.39, 0.29) is 5.91 Å². The predicted molar refractivity (Wildman–Crippen MR) is 164 cm³/mol. The first kappa shape index (κ1) is 29.3. The Morgan fingerprint density at radius 2 is 1.60 bits per heavy atom. The number of carbonyl (C=O) groups is 1. The van der Waals surface area contributed by atoms with E-state index in [1.165, 1.54) is 11.3 Å². The third kappa shape index (κ3) is 7.69. The predicted octanol–water partition coefficient (Wildman–Crippen LogP) is 7.27. The van der Waals surface area contributed by atoms with E-state index in [0.717, 1.165) is 60.0 Å². The molecule has 1 aromatic heterocycles. The van der Waals surface area contributed by atoms with Crippen LogP contribution in [0.1, 0.15) is 38.2 Å². The van der Waals surface area contributed by atoms with E-state index in [0.29, 0.717) is 24.5 Å². The van der Waals surface area contributed by atoms with Gasteiger partial charge in [-0.3, -0.25) is 4.79 Å². The average Bonchev–Trinajstić information content (AvgIpc) is 3.36. The maximum atomic E-state index is 12.4. The molecule has 0 aliphatic heterocycles. The topological polar surface area (TPSA) is 65.4 Å². The number of ether oxygens (including phenoxy) is 2. The Bertz CT molecular complexity index is 1360. The second-order valence-electron chi connectivity index (χ2n) is 9.57. The number of aromatic nitrogens is 2. The summed E-state index contributed by atoms with van der Waals surface area (Å²) in [6, 6.07) is 26.8. The van der Waals surface area contributed by atoms with Crippen molar-refractivity contribution in [3.8, 4) is 34.0 Å². The summed E-state index contributed by atoms with van der Waals surface area (Å²) in [6.07, 6.45) is 4.10. The van der Waals surface area contributed by atoms with Crippen molar-refractivity contribution in [1.82, 2.24) is 14.9 Å². The number of hydrogen-bond donors (Lipinski definition) is 1. The number of thioether (sulfide) groups is 1. The Kier molecular flexibility index (Phi) is 11.1. The number of methoxy groups -OCH3 is 2. The number of hydrogen-bond acceptors (Lipinski definition) is 5. The zero-order valence-electron chi connectivity index (χ0n) is 23.7. The van der Waals surface area contributed by atoms with E-state index in [9.17, 15) is 4.79 Å². The van der Waals surface area contributed by atoms with Gasteiger partial charge in [0, 0.05) is 36.4 Å². The van der Waals surface area contributed by atoms with E-state index in [4.69, 9.17) is 14.5 Å². The number of amides is 1. The molecule has 1 amide bonds. The van der Waals surface area contributed by atoms with Gasteiger partial charge in [0.15, 0.2) is 16.7 Å². The lowest BCUT2D eigenvalue weighted by Crippen LogP contribution is -2.25. The summed E-state index contributed by atoms with van der Waals surface area (Å²) in [5, 5.41) is 4.09. The van der Waals surface area contributed by atoms with Crippen LogP contribution < -0.4 is 14.8 Å². The minimum absolute atomic E-state index is 0.0932. The molecule has 0 aliphatic carbocycles. The van der Waals surface area contributed by atoms with Gasteiger partial charge in [-0.1, -0.05) is 85.4 Å². The van der Waals surface area contributed by atoms with E-state index in [1.54, 1.807) is 26.0 Å².